The highest BCUT2D eigenvalue weighted by molar-refractivity contribution is 6.04. The van der Waals surface area contributed by atoms with Crippen molar-refractivity contribution in [2.24, 2.45) is 11.3 Å². The van der Waals surface area contributed by atoms with Gasteiger partial charge in [-0.1, -0.05) is 0 Å². The fraction of sp³-hybridized carbons (Fsp3) is 0.350. The molecule has 8 heteroatoms. The fourth-order valence-corrected chi connectivity index (χ4v) is 4.14. The summed E-state index contributed by atoms with van der Waals surface area (Å²) in [7, 11) is 0. The van der Waals surface area contributed by atoms with Gasteiger partial charge >= 0.3 is 0 Å². The van der Waals surface area contributed by atoms with E-state index in [1.165, 1.54) is 0 Å². The third-order valence-electron chi connectivity index (χ3n) is 5.78. The number of hydrogen-bond donors (Lipinski definition) is 0. The van der Waals surface area contributed by atoms with E-state index in [1.54, 1.807) is 26.5 Å². The molecule has 2 aliphatic rings. The molecule has 0 radical (unpaired) electrons. The normalized spacial score (nSPS) is 21.8. The Kier molecular flexibility index (Phi) is 3.50. The molecule has 2 fully saturated rings. The van der Waals surface area contributed by atoms with E-state index in [0.29, 0.717) is 19.4 Å². The molecule has 0 N–H and O–H groups in total. The van der Waals surface area contributed by atoms with Crippen molar-refractivity contribution in [2.75, 3.05) is 11.4 Å². The molecular formula is C20H17N7O. The van der Waals surface area contributed by atoms with E-state index in [-0.39, 0.29) is 11.8 Å². The Bertz CT molecular complexity index is 1170. The van der Waals surface area contributed by atoms with Gasteiger partial charge in [0, 0.05) is 24.5 Å². The molecule has 28 heavy (non-hydrogen) atoms. The summed E-state index contributed by atoms with van der Waals surface area (Å²) in [5.74, 6) is 0.0987. The third kappa shape index (κ3) is 2.31. The maximum absolute atomic E-state index is 13.2. The average Bonchev–Trinajstić information content (AvgIpc) is 3.15. The number of aromatic nitrogens is 4. The minimum Gasteiger partial charge on any atom is -0.309 e. The summed E-state index contributed by atoms with van der Waals surface area (Å²) in [4.78, 5) is 14.9. The van der Waals surface area contributed by atoms with Gasteiger partial charge < -0.3 is 4.90 Å². The molecule has 1 amide bonds. The maximum atomic E-state index is 13.2. The number of fused-ring (bicyclic) bond motifs is 1. The number of rotatable bonds is 4. The Morgan fingerprint density at radius 2 is 2.11 bits per heavy atom. The first-order chi connectivity index (χ1) is 13.7. The van der Waals surface area contributed by atoms with Crippen LogP contribution in [-0.4, -0.2) is 31.8 Å². The van der Waals surface area contributed by atoms with Gasteiger partial charge in [0.2, 0.25) is 5.91 Å². The van der Waals surface area contributed by atoms with Crippen molar-refractivity contribution in [2.45, 2.75) is 25.7 Å². The van der Waals surface area contributed by atoms with Gasteiger partial charge in [0.05, 0.1) is 47.8 Å². The zero-order valence-electron chi connectivity index (χ0n) is 15.1. The molecule has 0 aromatic carbocycles. The molecule has 4 heterocycles. The standard InChI is InChI=1S/C20H17N7O/c21-6-3-14-10-24-26(11-14)16-9-18-17(4-7-23-27(18)12-16)25-8-5-20(13-22,19(25)28)15-1-2-15/h4,7,9-12,15H,1-3,5,8H2/t20-/m1/s1. The van der Waals surface area contributed by atoms with Crippen LogP contribution in [0.5, 0.6) is 0 Å². The number of hydrogen-bond acceptors (Lipinski definition) is 5. The molecule has 0 spiro atoms. The Balaban J connectivity index is 1.54. The highest BCUT2D eigenvalue weighted by Gasteiger charge is 2.56. The molecule has 0 unspecified atom stereocenters. The van der Waals surface area contributed by atoms with Crippen molar-refractivity contribution in [3.8, 4) is 17.8 Å². The number of nitrogens with zero attached hydrogens (tertiary/aromatic N) is 7. The van der Waals surface area contributed by atoms with Gasteiger partial charge in [-0.25, -0.2) is 9.20 Å². The zero-order chi connectivity index (χ0) is 19.3. The second kappa shape index (κ2) is 5.93. The lowest BCUT2D eigenvalue weighted by molar-refractivity contribution is -0.123. The number of anilines is 1. The Morgan fingerprint density at radius 3 is 2.86 bits per heavy atom. The van der Waals surface area contributed by atoms with Crippen molar-refractivity contribution in [3.63, 3.8) is 0 Å². The highest BCUT2D eigenvalue weighted by Crippen LogP contribution is 2.52. The Labute approximate surface area is 161 Å². The predicted molar refractivity (Wildman–Crippen MR) is 99.4 cm³/mol. The number of carbonyl (C=O) groups excluding carboxylic acids is 1. The topological polar surface area (TPSA) is 103 Å². The van der Waals surface area contributed by atoms with Gasteiger partial charge in [-0.3, -0.25) is 4.79 Å². The number of nitriles is 2. The summed E-state index contributed by atoms with van der Waals surface area (Å²) in [5.41, 5.74) is 2.30. The molecule has 3 aromatic heterocycles. The summed E-state index contributed by atoms with van der Waals surface area (Å²) in [5, 5.41) is 27.2. The van der Waals surface area contributed by atoms with Crippen molar-refractivity contribution in [1.82, 2.24) is 19.4 Å². The first kappa shape index (κ1) is 16.5. The van der Waals surface area contributed by atoms with Crippen LogP contribution in [0.15, 0.2) is 36.9 Å². The van der Waals surface area contributed by atoms with E-state index >= 15 is 0 Å². The molecule has 3 aromatic rings. The largest absolute Gasteiger partial charge is 0.309 e. The first-order valence-electron chi connectivity index (χ1n) is 9.28. The first-order valence-corrected chi connectivity index (χ1v) is 9.28. The Hall–Kier alpha value is -3.65. The third-order valence-corrected chi connectivity index (χ3v) is 5.78. The minimum atomic E-state index is -0.871. The molecule has 8 nitrogen and oxygen atoms in total. The summed E-state index contributed by atoms with van der Waals surface area (Å²) < 4.78 is 3.41. The fourth-order valence-electron chi connectivity index (χ4n) is 4.14. The molecule has 0 bridgehead atoms. The zero-order valence-corrected chi connectivity index (χ0v) is 15.1. The van der Waals surface area contributed by atoms with Gasteiger partial charge in [0.25, 0.3) is 0 Å². The minimum absolute atomic E-state index is 0.0938. The molecule has 1 aliphatic heterocycles. The van der Waals surface area contributed by atoms with Gasteiger partial charge in [0.1, 0.15) is 5.41 Å². The summed E-state index contributed by atoms with van der Waals surface area (Å²) in [6, 6.07) is 8.18. The van der Waals surface area contributed by atoms with Crippen LogP contribution in [0.3, 0.4) is 0 Å². The summed E-state index contributed by atoms with van der Waals surface area (Å²) >= 11 is 0. The second-order valence-corrected chi connectivity index (χ2v) is 7.44. The van der Waals surface area contributed by atoms with Crippen molar-refractivity contribution < 1.29 is 4.79 Å². The van der Waals surface area contributed by atoms with E-state index in [2.05, 4.69) is 22.3 Å². The van der Waals surface area contributed by atoms with E-state index < -0.39 is 5.41 Å². The monoisotopic (exact) mass is 371 g/mol. The number of carbonyl (C=O) groups is 1. The van der Waals surface area contributed by atoms with Gasteiger partial charge in [0.15, 0.2) is 0 Å². The Morgan fingerprint density at radius 1 is 1.25 bits per heavy atom. The van der Waals surface area contributed by atoms with Crippen LogP contribution in [-0.2, 0) is 11.2 Å². The van der Waals surface area contributed by atoms with Crippen molar-refractivity contribution in [3.05, 3.63) is 42.5 Å². The SMILES string of the molecule is N#CCc1cnn(-c2cc3c(N4CC[C@@](C#N)(C5CC5)C4=O)ccnn3c2)c1. The highest BCUT2D eigenvalue weighted by atomic mass is 16.2. The molecule has 1 aliphatic carbocycles. The summed E-state index contributed by atoms with van der Waals surface area (Å²) in [6.07, 6.45) is 9.76. The smallest absolute Gasteiger partial charge is 0.247 e. The lowest BCUT2D eigenvalue weighted by atomic mass is 9.83. The number of amides is 1. The van der Waals surface area contributed by atoms with Gasteiger partial charge in [-0.2, -0.15) is 20.7 Å². The quantitative estimate of drug-likeness (QED) is 0.700. The van der Waals surface area contributed by atoms with Crippen LogP contribution in [0.1, 0.15) is 24.8 Å². The molecule has 5 rings (SSSR count). The lowest BCUT2D eigenvalue weighted by Crippen LogP contribution is -2.35. The predicted octanol–water partition coefficient (Wildman–Crippen LogP) is 2.24. The van der Waals surface area contributed by atoms with Gasteiger partial charge in [-0.15, -0.1) is 0 Å². The molecular weight excluding hydrogens is 354 g/mol. The van der Waals surface area contributed by atoms with Crippen LogP contribution in [0.25, 0.3) is 11.2 Å². The van der Waals surface area contributed by atoms with Crippen LogP contribution < -0.4 is 4.90 Å². The van der Waals surface area contributed by atoms with Crippen molar-refractivity contribution in [1.29, 1.82) is 10.5 Å². The summed E-state index contributed by atoms with van der Waals surface area (Å²) in [6.45, 7) is 0.539. The van der Waals surface area contributed by atoms with Crippen LogP contribution in [0, 0.1) is 34.0 Å². The average molecular weight is 371 g/mol. The van der Waals surface area contributed by atoms with Gasteiger partial charge in [-0.05, 0) is 37.3 Å². The van der Waals surface area contributed by atoms with E-state index in [4.69, 9.17) is 5.26 Å². The van der Waals surface area contributed by atoms with Crippen LogP contribution >= 0.6 is 0 Å². The molecule has 1 saturated carbocycles. The second-order valence-electron chi connectivity index (χ2n) is 7.44. The van der Waals surface area contributed by atoms with Crippen LogP contribution in [0.4, 0.5) is 5.69 Å². The van der Waals surface area contributed by atoms with Crippen molar-refractivity contribution >= 4 is 17.1 Å². The molecule has 1 atom stereocenters. The van der Waals surface area contributed by atoms with E-state index in [9.17, 15) is 10.1 Å². The van der Waals surface area contributed by atoms with E-state index in [1.807, 2.05) is 24.5 Å². The lowest BCUT2D eigenvalue weighted by Gasteiger charge is -2.21. The van der Waals surface area contributed by atoms with Crippen LogP contribution in [0.2, 0.25) is 0 Å². The maximum Gasteiger partial charge on any atom is 0.247 e. The molecule has 138 valence electrons. The van der Waals surface area contributed by atoms with E-state index in [0.717, 1.165) is 35.3 Å². The molecule has 1 saturated heterocycles.